The minimum absolute atomic E-state index is 0.0634. The molecule has 2 rings (SSSR count). The van der Waals surface area contributed by atoms with E-state index < -0.39 is 23.9 Å². The van der Waals surface area contributed by atoms with Crippen molar-refractivity contribution in [3.8, 4) is 5.75 Å². The highest BCUT2D eigenvalue weighted by atomic mass is 19.4. The quantitative estimate of drug-likeness (QED) is 0.832. The molecule has 0 aromatic heterocycles. The van der Waals surface area contributed by atoms with Gasteiger partial charge in [0, 0.05) is 6.42 Å². The number of hydrogen-bond acceptors (Lipinski definition) is 3. The molecule has 1 saturated heterocycles. The molecular weight excluding hydrogens is 325 g/mol. The molecule has 24 heavy (non-hydrogen) atoms. The number of nitrogens with one attached hydrogen (secondary N) is 2. The lowest BCUT2D eigenvalue weighted by Gasteiger charge is -2.21. The summed E-state index contributed by atoms with van der Waals surface area (Å²) < 4.78 is 44.3. The van der Waals surface area contributed by atoms with Crippen molar-refractivity contribution in [1.82, 2.24) is 10.6 Å². The van der Waals surface area contributed by atoms with Crippen LogP contribution >= 0.6 is 0 Å². The summed E-state index contributed by atoms with van der Waals surface area (Å²) >= 11 is 0. The van der Waals surface area contributed by atoms with Gasteiger partial charge in [-0.25, -0.2) is 0 Å². The molecule has 1 aliphatic rings. The Kier molecular flexibility index (Phi) is 5.69. The van der Waals surface area contributed by atoms with Gasteiger partial charge in [-0.05, 0) is 25.0 Å². The number of carbonyl (C=O) groups is 2. The Hall–Kier alpha value is -2.25. The summed E-state index contributed by atoms with van der Waals surface area (Å²) in [6.45, 7) is 1.82. The van der Waals surface area contributed by atoms with Crippen LogP contribution < -0.4 is 15.4 Å². The summed E-state index contributed by atoms with van der Waals surface area (Å²) in [5.41, 5.74) is -0.849. The second kappa shape index (κ2) is 7.55. The molecule has 1 aromatic carbocycles. The Morgan fingerprint density at radius 1 is 1.42 bits per heavy atom. The third kappa shape index (κ3) is 4.62. The maximum absolute atomic E-state index is 13.0. The number of rotatable bonds is 6. The van der Waals surface area contributed by atoms with E-state index in [-0.39, 0.29) is 24.1 Å². The normalized spacial score (nSPS) is 18.8. The van der Waals surface area contributed by atoms with Gasteiger partial charge in [0.25, 0.3) is 0 Å². The van der Waals surface area contributed by atoms with E-state index >= 15 is 0 Å². The highest BCUT2D eigenvalue weighted by Crippen LogP contribution is 2.36. The molecule has 5 nitrogen and oxygen atoms in total. The lowest BCUT2D eigenvalue weighted by Crippen LogP contribution is -2.45. The van der Waals surface area contributed by atoms with Crippen molar-refractivity contribution in [3.05, 3.63) is 29.8 Å². The molecular formula is C16H19F3N2O3. The zero-order valence-electron chi connectivity index (χ0n) is 13.2. The minimum atomic E-state index is -4.51. The number of amides is 2. The van der Waals surface area contributed by atoms with Gasteiger partial charge in [0.05, 0.1) is 12.1 Å². The molecule has 1 aromatic rings. The molecule has 0 bridgehead atoms. The number of carbonyl (C=O) groups excluding carboxylic acids is 2. The third-order valence-corrected chi connectivity index (χ3v) is 3.76. The highest BCUT2D eigenvalue weighted by molar-refractivity contribution is 5.90. The van der Waals surface area contributed by atoms with E-state index in [1.54, 1.807) is 6.92 Å². The predicted molar refractivity (Wildman–Crippen MR) is 80.3 cm³/mol. The van der Waals surface area contributed by atoms with E-state index in [0.29, 0.717) is 19.3 Å². The molecule has 0 radical (unpaired) electrons. The maximum Gasteiger partial charge on any atom is 0.419 e. The SMILES string of the molecule is CC[C@H](CNC(=O)[C@H]1CCC(=O)N1)Oc1ccccc1C(F)(F)F. The average Bonchev–Trinajstić information content (AvgIpc) is 2.97. The molecule has 2 atom stereocenters. The number of benzene rings is 1. The van der Waals surface area contributed by atoms with E-state index in [1.165, 1.54) is 18.2 Å². The Balaban J connectivity index is 1.95. The molecule has 132 valence electrons. The number of ether oxygens (including phenoxy) is 1. The van der Waals surface area contributed by atoms with Gasteiger partial charge in [0.2, 0.25) is 11.8 Å². The van der Waals surface area contributed by atoms with Crippen molar-refractivity contribution in [1.29, 1.82) is 0 Å². The average molecular weight is 344 g/mol. The van der Waals surface area contributed by atoms with Crippen LogP contribution in [0.2, 0.25) is 0 Å². The Bertz CT molecular complexity index is 604. The van der Waals surface area contributed by atoms with Gasteiger partial charge in [-0.1, -0.05) is 19.1 Å². The minimum Gasteiger partial charge on any atom is -0.488 e. The van der Waals surface area contributed by atoms with Crippen LogP contribution in [0.3, 0.4) is 0 Å². The van der Waals surface area contributed by atoms with Gasteiger partial charge < -0.3 is 15.4 Å². The van der Waals surface area contributed by atoms with Gasteiger partial charge in [-0.15, -0.1) is 0 Å². The monoisotopic (exact) mass is 344 g/mol. The van der Waals surface area contributed by atoms with Crippen molar-refractivity contribution in [2.24, 2.45) is 0 Å². The van der Waals surface area contributed by atoms with E-state index in [2.05, 4.69) is 10.6 Å². The van der Waals surface area contributed by atoms with Crippen LogP contribution in [0.4, 0.5) is 13.2 Å². The topological polar surface area (TPSA) is 67.4 Å². The van der Waals surface area contributed by atoms with Gasteiger partial charge in [0.15, 0.2) is 0 Å². The first-order valence-corrected chi connectivity index (χ1v) is 7.71. The van der Waals surface area contributed by atoms with E-state index in [0.717, 1.165) is 6.07 Å². The largest absolute Gasteiger partial charge is 0.488 e. The molecule has 0 aliphatic carbocycles. The molecule has 1 aliphatic heterocycles. The lowest BCUT2D eigenvalue weighted by molar-refractivity contribution is -0.139. The third-order valence-electron chi connectivity index (χ3n) is 3.76. The molecule has 0 unspecified atom stereocenters. The summed E-state index contributed by atoms with van der Waals surface area (Å²) in [5.74, 6) is -0.801. The number of halogens is 3. The van der Waals surface area contributed by atoms with Crippen molar-refractivity contribution in [2.75, 3.05) is 6.54 Å². The molecule has 0 saturated carbocycles. The smallest absolute Gasteiger partial charge is 0.419 e. The summed E-state index contributed by atoms with van der Waals surface area (Å²) in [6.07, 6.45) is -3.98. The molecule has 0 spiro atoms. The number of alkyl halides is 3. The van der Waals surface area contributed by atoms with Gasteiger partial charge in [-0.3, -0.25) is 9.59 Å². The first kappa shape index (κ1) is 18.1. The summed E-state index contributed by atoms with van der Waals surface area (Å²) in [6, 6.07) is 4.38. The first-order valence-electron chi connectivity index (χ1n) is 7.71. The first-order chi connectivity index (χ1) is 11.3. The molecule has 1 heterocycles. The molecule has 8 heteroatoms. The van der Waals surface area contributed by atoms with Gasteiger partial charge in [0.1, 0.15) is 17.9 Å². The fourth-order valence-corrected chi connectivity index (χ4v) is 2.40. The van der Waals surface area contributed by atoms with Gasteiger partial charge in [-0.2, -0.15) is 13.2 Å². The second-order valence-corrected chi connectivity index (χ2v) is 5.55. The van der Waals surface area contributed by atoms with E-state index in [1.807, 2.05) is 0 Å². The van der Waals surface area contributed by atoms with Crippen molar-refractivity contribution >= 4 is 11.8 Å². The lowest BCUT2D eigenvalue weighted by atomic mass is 10.2. The van der Waals surface area contributed by atoms with Crippen LogP contribution in [0.15, 0.2) is 24.3 Å². The zero-order valence-corrected chi connectivity index (χ0v) is 13.2. The highest BCUT2D eigenvalue weighted by Gasteiger charge is 2.34. The van der Waals surface area contributed by atoms with Crippen molar-refractivity contribution in [2.45, 2.75) is 44.5 Å². The van der Waals surface area contributed by atoms with Gasteiger partial charge >= 0.3 is 6.18 Å². The Labute approximate surface area is 137 Å². The van der Waals surface area contributed by atoms with Crippen LogP contribution in [0.1, 0.15) is 31.7 Å². The van der Waals surface area contributed by atoms with Crippen LogP contribution in [-0.4, -0.2) is 30.5 Å². The van der Waals surface area contributed by atoms with Crippen LogP contribution in [0.5, 0.6) is 5.75 Å². The Morgan fingerprint density at radius 2 is 2.12 bits per heavy atom. The van der Waals surface area contributed by atoms with Crippen molar-refractivity contribution in [3.63, 3.8) is 0 Å². The standard InChI is InChI=1S/C16H19F3N2O3/c1-2-10(9-20-15(23)12-7-8-14(22)21-12)24-13-6-4-3-5-11(13)16(17,18)19/h3-6,10,12H,2,7-9H2,1H3,(H,20,23)(H,21,22)/t10-,12-/m1/s1. The number of para-hydroxylation sites is 1. The summed E-state index contributed by atoms with van der Waals surface area (Å²) in [7, 11) is 0. The molecule has 2 amide bonds. The fourth-order valence-electron chi connectivity index (χ4n) is 2.40. The molecule has 1 fully saturated rings. The van der Waals surface area contributed by atoms with Crippen molar-refractivity contribution < 1.29 is 27.5 Å². The van der Waals surface area contributed by atoms with E-state index in [9.17, 15) is 22.8 Å². The second-order valence-electron chi connectivity index (χ2n) is 5.55. The zero-order chi connectivity index (χ0) is 17.7. The van der Waals surface area contributed by atoms with Crippen LogP contribution in [0.25, 0.3) is 0 Å². The van der Waals surface area contributed by atoms with Crippen LogP contribution in [-0.2, 0) is 15.8 Å². The maximum atomic E-state index is 13.0. The van der Waals surface area contributed by atoms with E-state index in [4.69, 9.17) is 4.74 Å². The fraction of sp³-hybridized carbons (Fsp3) is 0.500. The summed E-state index contributed by atoms with van der Waals surface area (Å²) in [4.78, 5) is 23.0. The predicted octanol–water partition coefficient (Wildman–Crippen LogP) is 2.26. The Morgan fingerprint density at radius 3 is 2.71 bits per heavy atom. The molecule has 2 N–H and O–H groups in total. The number of hydrogen-bond donors (Lipinski definition) is 2. The summed E-state index contributed by atoms with van der Waals surface area (Å²) in [5, 5.41) is 5.15. The van der Waals surface area contributed by atoms with Crippen LogP contribution in [0, 0.1) is 0 Å².